The van der Waals surface area contributed by atoms with Crippen LogP contribution in [0.15, 0.2) is 18.2 Å². The third kappa shape index (κ3) is 3.10. The molecule has 0 saturated heterocycles. The van der Waals surface area contributed by atoms with E-state index < -0.39 is 5.41 Å². The Balaban J connectivity index is 3.31. The molecule has 96 valence electrons. The van der Waals surface area contributed by atoms with Crippen molar-refractivity contribution < 1.29 is 9.53 Å². The first-order chi connectivity index (χ1) is 8.44. The quantitative estimate of drug-likeness (QED) is 0.765. The summed E-state index contributed by atoms with van der Waals surface area (Å²) >= 11 is 0. The third-order valence-corrected chi connectivity index (χ3v) is 2.95. The number of rotatable bonds is 4. The van der Waals surface area contributed by atoms with Crippen molar-refractivity contribution >= 4 is 5.97 Å². The number of nitrogens with zero attached hydrogens (tertiary/aromatic N) is 1. The summed E-state index contributed by atoms with van der Waals surface area (Å²) in [4.78, 5) is 11.6. The van der Waals surface area contributed by atoms with Crippen molar-refractivity contribution in [3.05, 3.63) is 34.9 Å². The average molecular weight is 245 g/mol. The molecule has 3 nitrogen and oxygen atoms in total. The molecule has 0 aromatic heterocycles. The number of aryl methyl sites for hydroxylation is 1. The Hall–Kier alpha value is -1.82. The van der Waals surface area contributed by atoms with Crippen LogP contribution < -0.4 is 0 Å². The number of hydrogen-bond acceptors (Lipinski definition) is 3. The first-order valence-corrected chi connectivity index (χ1v) is 6.08. The van der Waals surface area contributed by atoms with Crippen molar-refractivity contribution in [2.75, 3.05) is 7.11 Å². The molecule has 0 aliphatic rings. The van der Waals surface area contributed by atoms with Gasteiger partial charge in [-0.3, -0.25) is 0 Å². The summed E-state index contributed by atoms with van der Waals surface area (Å²) in [5.74, 6) is -0.358. The maximum atomic E-state index is 11.6. The predicted molar refractivity (Wildman–Crippen MR) is 70.4 cm³/mol. The highest BCUT2D eigenvalue weighted by atomic mass is 16.5. The smallest absolute Gasteiger partial charge is 0.337 e. The SMILES string of the molecule is CCCc1cc(C(=O)OC)cc(C(C)(C)C#N)c1. The number of esters is 1. The minimum Gasteiger partial charge on any atom is -0.465 e. The van der Waals surface area contributed by atoms with Crippen LogP contribution in [0.3, 0.4) is 0 Å². The average Bonchev–Trinajstić information content (AvgIpc) is 2.37. The van der Waals surface area contributed by atoms with Crippen LogP contribution in [-0.2, 0) is 16.6 Å². The summed E-state index contributed by atoms with van der Waals surface area (Å²) in [6, 6.07) is 7.84. The summed E-state index contributed by atoms with van der Waals surface area (Å²) in [5.41, 5.74) is 1.84. The van der Waals surface area contributed by atoms with Crippen LogP contribution >= 0.6 is 0 Å². The van der Waals surface area contributed by atoms with Gasteiger partial charge in [0.15, 0.2) is 0 Å². The monoisotopic (exact) mass is 245 g/mol. The van der Waals surface area contributed by atoms with Gasteiger partial charge in [0.1, 0.15) is 0 Å². The van der Waals surface area contributed by atoms with E-state index in [4.69, 9.17) is 4.74 Å². The number of carbonyl (C=O) groups excluding carboxylic acids is 1. The van der Waals surface area contributed by atoms with Gasteiger partial charge in [-0.25, -0.2) is 4.79 Å². The normalized spacial score (nSPS) is 10.8. The van der Waals surface area contributed by atoms with E-state index in [1.807, 2.05) is 26.0 Å². The molecule has 0 amide bonds. The van der Waals surface area contributed by atoms with Crippen LogP contribution in [0.4, 0.5) is 0 Å². The van der Waals surface area contributed by atoms with E-state index in [1.165, 1.54) is 7.11 Å². The molecule has 0 saturated carbocycles. The Morgan fingerprint density at radius 2 is 2.06 bits per heavy atom. The van der Waals surface area contributed by atoms with Crippen LogP contribution in [0.25, 0.3) is 0 Å². The van der Waals surface area contributed by atoms with Gasteiger partial charge in [-0.2, -0.15) is 5.26 Å². The Labute approximate surface area is 108 Å². The molecule has 1 rings (SSSR count). The van der Waals surface area contributed by atoms with Gasteiger partial charge in [0, 0.05) is 0 Å². The van der Waals surface area contributed by atoms with Crippen molar-refractivity contribution in [2.24, 2.45) is 0 Å². The molecule has 0 bridgehead atoms. The molecule has 18 heavy (non-hydrogen) atoms. The fraction of sp³-hybridized carbons (Fsp3) is 0.467. The zero-order valence-corrected chi connectivity index (χ0v) is 11.4. The van der Waals surface area contributed by atoms with Crippen molar-refractivity contribution in [3.63, 3.8) is 0 Å². The van der Waals surface area contributed by atoms with Crippen LogP contribution in [0, 0.1) is 11.3 Å². The lowest BCUT2D eigenvalue weighted by atomic mass is 9.84. The number of ether oxygens (including phenoxy) is 1. The molecular formula is C15H19NO2. The number of benzene rings is 1. The Morgan fingerprint density at radius 1 is 1.39 bits per heavy atom. The molecule has 0 heterocycles. The molecule has 0 atom stereocenters. The summed E-state index contributed by atoms with van der Waals surface area (Å²) in [5, 5.41) is 9.19. The minimum absolute atomic E-state index is 0.358. The lowest BCUT2D eigenvalue weighted by Crippen LogP contribution is -2.16. The van der Waals surface area contributed by atoms with Gasteiger partial charge < -0.3 is 4.74 Å². The molecule has 1 aromatic carbocycles. The molecule has 0 radical (unpaired) electrons. The summed E-state index contributed by atoms with van der Waals surface area (Å²) in [7, 11) is 1.37. The third-order valence-electron chi connectivity index (χ3n) is 2.95. The molecule has 0 unspecified atom stereocenters. The predicted octanol–water partition coefficient (Wildman–Crippen LogP) is 3.23. The standard InChI is InChI=1S/C15H19NO2/c1-5-6-11-7-12(14(17)18-4)9-13(8-11)15(2,3)10-16/h7-9H,5-6H2,1-4H3. The van der Waals surface area contributed by atoms with Crippen molar-refractivity contribution in [1.82, 2.24) is 0 Å². The zero-order chi connectivity index (χ0) is 13.8. The minimum atomic E-state index is -0.605. The maximum absolute atomic E-state index is 11.6. The van der Waals surface area contributed by atoms with Gasteiger partial charge in [0.05, 0.1) is 24.2 Å². The Kier molecular flexibility index (Phi) is 4.49. The second-order valence-corrected chi connectivity index (χ2v) is 4.90. The Bertz CT molecular complexity index is 484. The second kappa shape index (κ2) is 5.68. The highest BCUT2D eigenvalue weighted by molar-refractivity contribution is 5.89. The molecule has 3 heteroatoms. The first-order valence-electron chi connectivity index (χ1n) is 6.08. The lowest BCUT2D eigenvalue weighted by molar-refractivity contribution is 0.0600. The number of methoxy groups -OCH3 is 1. The van der Waals surface area contributed by atoms with E-state index in [9.17, 15) is 10.1 Å². The number of nitriles is 1. The second-order valence-electron chi connectivity index (χ2n) is 4.90. The van der Waals surface area contributed by atoms with E-state index in [1.54, 1.807) is 6.07 Å². The summed E-state index contributed by atoms with van der Waals surface area (Å²) in [6.45, 7) is 5.78. The fourth-order valence-electron chi connectivity index (χ4n) is 1.79. The van der Waals surface area contributed by atoms with Gasteiger partial charge in [0.2, 0.25) is 0 Å². The van der Waals surface area contributed by atoms with Gasteiger partial charge in [0.25, 0.3) is 0 Å². The largest absolute Gasteiger partial charge is 0.465 e. The van der Waals surface area contributed by atoms with E-state index in [-0.39, 0.29) is 5.97 Å². The lowest BCUT2D eigenvalue weighted by Gasteiger charge is -2.18. The molecule has 0 spiro atoms. The molecule has 0 aliphatic carbocycles. The van der Waals surface area contributed by atoms with Crippen molar-refractivity contribution in [3.8, 4) is 6.07 Å². The molecule has 0 fully saturated rings. The van der Waals surface area contributed by atoms with Crippen LogP contribution in [0.5, 0.6) is 0 Å². The van der Waals surface area contributed by atoms with E-state index in [2.05, 4.69) is 13.0 Å². The molecule has 1 aromatic rings. The highest BCUT2D eigenvalue weighted by Gasteiger charge is 2.22. The van der Waals surface area contributed by atoms with Gasteiger partial charge >= 0.3 is 5.97 Å². The van der Waals surface area contributed by atoms with E-state index in [0.717, 1.165) is 24.0 Å². The highest BCUT2D eigenvalue weighted by Crippen LogP contribution is 2.25. The zero-order valence-electron chi connectivity index (χ0n) is 11.4. The summed E-state index contributed by atoms with van der Waals surface area (Å²) in [6.07, 6.45) is 1.89. The van der Waals surface area contributed by atoms with Crippen LogP contribution in [-0.4, -0.2) is 13.1 Å². The molecule has 0 aliphatic heterocycles. The van der Waals surface area contributed by atoms with E-state index in [0.29, 0.717) is 5.56 Å². The van der Waals surface area contributed by atoms with Gasteiger partial charge in [-0.1, -0.05) is 19.4 Å². The van der Waals surface area contributed by atoms with Crippen molar-refractivity contribution in [1.29, 1.82) is 5.26 Å². The van der Waals surface area contributed by atoms with Gasteiger partial charge in [-0.05, 0) is 43.5 Å². The topological polar surface area (TPSA) is 50.1 Å². The number of hydrogen-bond donors (Lipinski definition) is 0. The van der Waals surface area contributed by atoms with E-state index >= 15 is 0 Å². The maximum Gasteiger partial charge on any atom is 0.337 e. The molecular weight excluding hydrogens is 226 g/mol. The Morgan fingerprint density at radius 3 is 2.56 bits per heavy atom. The molecule has 0 N–H and O–H groups in total. The number of carbonyl (C=O) groups is 1. The summed E-state index contributed by atoms with van der Waals surface area (Å²) < 4.78 is 4.75. The van der Waals surface area contributed by atoms with Crippen LogP contribution in [0.1, 0.15) is 48.7 Å². The van der Waals surface area contributed by atoms with Crippen LogP contribution in [0.2, 0.25) is 0 Å². The fourth-order valence-corrected chi connectivity index (χ4v) is 1.79. The van der Waals surface area contributed by atoms with Crippen molar-refractivity contribution in [2.45, 2.75) is 39.0 Å². The van der Waals surface area contributed by atoms with Gasteiger partial charge in [-0.15, -0.1) is 0 Å². The first kappa shape index (κ1) is 14.2.